The van der Waals surface area contributed by atoms with Gasteiger partial charge in [0, 0.05) is 18.4 Å². The number of nitrogens with zero attached hydrogens (tertiary/aromatic N) is 2. The Labute approximate surface area is 82.5 Å². The lowest BCUT2D eigenvalue weighted by atomic mass is 10.2. The van der Waals surface area contributed by atoms with E-state index in [1.165, 1.54) is 0 Å². The normalized spacial score (nSPS) is 15.4. The van der Waals surface area contributed by atoms with Crippen molar-refractivity contribution in [1.29, 1.82) is 0 Å². The van der Waals surface area contributed by atoms with Crippen molar-refractivity contribution in [3.8, 4) is 0 Å². The molecule has 1 aliphatic heterocycles. The first-order valence-corrected chi connectivity index (χ1v) is 4.38. The first kappa shape index (κ1) is 8.62. The molecule has 4 nitrogen and oxygen atoms in total. The minimum atomic E-state index is 0.532. The lowest BCUT2D eigenvalue weighted by Crippen LogP contribution is -2.20. The fraction of sp³-hybridized carbons (Fsp3) is 0.100. The highest BCUT2D eigenvalue weighted by Gasteiger charge is 2.04. The van der Waals surface area contributed by atoms with Gasteiger partial charge < -0.3 is 16.4 Å². The van der Waals surface area contributed by atoms with Gasteiger partial charge in [-0.05, 0) is 24.3 Å². The van der Waals surface area contributed by atoms with Crippen LogP contribution in [0.3, 0.4) is 0 Å². The van der Waals surface area contributed by atoms with E-state index in [-0.39, 0.29) is 0 Å². The van der Waals surface area contributed by atoms with Gasteiger partial charge in [-0.1, -0.05) is 0 Å². The van der Waals surface area contributed by atoms with Crippen LogP contribution >= 0.6 is 0 Å². The molecule has 0 unspecified atom stereocenters. The predicted molar refractivity (Wildman–Crippen MR) is 57.4 cm³/mol. The molecule has 0 radical (unpaired) electrons. The van der Waals surface area contributed by atoms with Crippen molar-refractivity contribution in [2.75, 3.05) is 17.2 Å². The van der Waals surface area contributed by atoms with Crippen LogP contribution in [0.25, 0.3) is 0 Å². The van der Waals surface area contributed by atoms with Crippen LogP contribution in [0.4, 0.5) is 11.5 Å². The molecule has 0 spiro atoms. The summed E-state index contributed by atoms with van der Waals surface area (Å²) in [4.78, 5) is 6.07. The zero-order valence-electron chi connectivity index (χ0n) is 7.72. The second kappa shape index (κ2) is 3.41. The Morgan fingerprint density at radius 3 is 2.71 bits per heavy atom. The standard InChI is InChI=1S/C10H12N4/c11-8-3-5-14(6-4-8)9-1-2-10(12)13-7-9/h1-5,7H,6,11H2,(H2,12,13). The average Bonchev–Trinajstić information content (AvgIpc) is 2.21. The molecule has 0 saturated heterocycles. The van der Waals surface area contributed by atoms with Gasteiger partial charge in [-0.3, -0.25) is 0 Å². The van der Waals surface area contributed by atoms with Crippen molar-refractivity contribution in [1.82, 2.24) is 4.98 Å². The first-order chi connectivity index (χ1) is 6.75. The summed E-state index contributed by atoms with van der Waals surface area (Å²) in [6.45, 7) is 0.772. The van der Waals surface area contributed by atoms with Crippen molar-refractivity contribution in [3.05, 3.63) is 42.4 Å². The predicted octanol–water partition coefficient (Wildman–Crippen LogP) is 0.840. The summed E-state index contributed by atoms with van der Waals surface area (Å²) >= 11 is 0. The third-order valence-electron chi connectivity index (χ3n) is 2.07. The largest absolute Gasteiger partial charge is 0.399 e. The van der Waals surface area contributed by atoms with Crippen molar-refractivity contribution < 1.29 is 0 Å². The first-order valence-electron chi connectivity index (χ1n) is 4.38. The molecular weight excluding hydrogens is 176 g/mol. The number of anilines is 2. The maximum absolute atomic E-state index is 5.61. The number of nitrogen functional groups attached to an aromatic ring is 1. The molecular formula is C10H12N4. The molecule has 1 aromatic heterocycles. The van der Waals surface area contributed by atoms with Crippen LogP contribution in [0.15, 0.2) is 42.4 Å². The van der Waals surface area contributed by atoms with E-state index in [9.17, 15) is 0 Å². The Morgan fingerprint density at radius 1 is 1.29 bits per heavy atom. The molecule has 4 heteroatoms. The fourth-order valence-corrected chi connectivity index (χ4v) is 1.27. The van der Waals surface area contributed by atoms with Crippen LogP contribution in [0, 0.1) is 0 Å². The van der Waals surface area contributed by atoms with Crippen LogP contribution in [-0.4, -0.2) is 11.5 Å². The number of rotatable bonds is 1. The van der Waals surface area contributed by atoms with Gasteiger partial charge in [0.05, 0.1) is 11.9 Å². The summed E-state index contributed by atoms with van der Waals surface area (Å²) in [5.74, 6) is 0.532. The van der Waals surface area contributed by atoms with Crippen molar-refractivity contribution >= 4 is 11.5 Å². The van der Waals surface area contributed by atoms with Crippen LogP contribution < -0.4 is 16.4 Å². The third-order valence-corrected chi connectivity index (χ3v) is 2.07. The Bertz CT molecular complexity index is 378. The number of aromatic nitrogens is 1. The maximum atomic E-state index is 5.61. The zero-order valence-corrected chi connectivity index (χ0v) is 7.72. The molecule has 0 atom stereocenters. The minimum Gasteiger partial charge on any atom is -0.399 e. The highest BCUT2D eigenvalue weighted by molar-refractivity contribution is 5.52. The Morgan fingerprint density at radius 2 is 2.14 bits per heavy atom. The van der Waals surface area contributed by atoms with Gasteiger partial charge in [-0.25, -0.2) is 4.98 Å². The zero-order chi connectivity index (χ0) is 9.97. The van der Waals surface area contributed by atoms with Crippen molar-refractivity contribution in [3.63, 3.8) is 0 Å². The molecule has 0 aromatic carbocycles. The second-order valence-corrected chi connectivity index (χ2v) is 3.11. The van der Waals surface area contributed by atoms with Crippen LogP contribution in [-0.2, 0) is 0 Å². The van der Waals surface area contributed by atoms with E-state index >= 15 is 0 Å². The van der Waals surface area contributed by atoms with Crippen LogP contribution in [0.5, 0.6) is 0 Å². The topological polar surface area (TPSA) is 68.2 Å². The van der Waals surface area contributed by atoms with E-state index in [2.05, 4.69) is 4.98 Å². The lowest BCUT2D eigenvalue weighted by Gasteiger charge is -2.21. The van der Waals surface area contributed by atoms with Gasteiger partial charge in [0.2, 0.25) is 0 Å². The summed E-state index contributed by atoms with van der Waals surface area (Å²) in [5, 5.41) is 0. The molecule has 1 aliphatic rings. The monoisotopic (exact) mass is 188 g/mol. The molecule has 0 amide bonds. The van der Waals surface area contributed by atoms with Gasteiger partial charge in [0.15, 0.2) is 0 Å². The molecule has 72 valence electrons. The Hall–Kier alpha value is -1.97. The highest BCUT2D eigenvalue weighted by Crippen LogP contribution is 2.16. The third kappa shape index (κ3) is 1.69. The van der Waals surface area contributed by atoms with E-state index in [0.717, 1.165) is 17.9 Å². The highest BCUT2D eigenvalue weighted by atomic mass is 15.1. The summed E-state index contributed by atoms with van der Waals surface area (Å²) in [6, 6.07) is 3.72. The van der Waals surface area contributed by atoms with E-state index in [1.54, 1.807) is 12.3 Å². The average molecular weight is 188 g/mol. The Kier molecular flexibility index (Phi) is 2.10. The number of hydrogen-bond donors (Lipinski definition) is 2. The molecule has 0 fully saturated rings. The molecule has 14 heavy (non-hydrogen) atoms. The molecule has 2 rings (SSSR count). The van der Waals surface area contributed by atoms with Crippen molar-refractivity contribution in [2.45, 2.75) is 0 Å². The number of nitrogens with two attached hydrogens (primary N) is 2. The summed E-state index contributed by atoms with van der Waals surface area (Å²) in [5.41, 5.74) is 12.9. The maximum Gasteiger partial charge on any atom is 0.123 e. The molecule has 2 heterocycles. The van der Waals surface area contributed by atoms with Crippen LogP contribution in [0.2, 0.25) is 0 Å². The molecule has 0 bridgehead atoms. The van der Waals surface area contributed by atoms with E-state index in [1.807, 2.05) is 29.3 Å². The smallest absolute Gasteiger partial charge is 0.123 e. The SMILES string of the molecule is NC1=CCN(c2ccc(N)nc2)C=C1. The van der Waals surface area contributed by atoms with E-state index in [0.29, 0.717) is 5.82 Å². The second-order valence-electron chi connectivity index (χ2n) is 3.11. The molecule has 4 N–H and O–H groups in total. The van der Waals surface area contributed by atoms with Crippen molar-refractivity contribution in [2.24, 2.45) is 5.73 Å². The molecule has 0 saturated carbocycles. The van der Waals surface area contributed by atoms with E-state index < -0.39 is 0 Å². The van der Waals surface area contributed by atoms with Gasteiger partial charge in [-0.15, -0.1) is 0 Å². The fourth-order valence-electron chi connectivity index (χ4n) is 1.27. The summed E-state index contributed by atoms with van der Waals surface area (Å²) < 4.78 is 0. The van der Waals surface area contributed by atoms with E-state index in [4.69, 9.17) is 11.5 Å². The molecule has 1 aromatic rings. The summed E-state index contributed by atoms with van der Waals surface area (Å²) in [6.07, 6.45) is 7.49. The van der Waals surface area contributed by atoms with Gasteiger partial charge in [0.25, 0.3) is 0 Å². The number of allylic oxidation sites excluding steroid dienone is 1. The van der Waals surface area contributed by atoms with Gasteiger partial charge in [-0.2, -0.15) is 0 Å². The Balaban J connectivity index is 2.18. The van der Waals surface area contributed by atoms with Gasteiger partial charge >= 0.3 is 0 Å². The quantitative estimate of drug-likeness (QED) is 0.685. The number of pyridine rings is 1. The lowest BCUT2D eigenvalue weighted by molar-refractivity contribution is 1.04. The summed E-state index contributed by atoms with van der Waals surface area (Å²) in [7, 11) is 0. The van der Waals surface area contributed by atoms with Crippen LogP contribution in [0.1, 0.15) is 0 Å². The minimum absolute atomic E-state index is 0.532. The van der Waals surface area contributed by atoms with Gasteiger partial charge in [0.1, 0.15) is 5.82 Å². The molecule has 0 aliphatic carbocycles. The number of hydrogen-bond acceptors (Lipinski definition) is 4.